The van der Waals surface area contributed by atoms with Gasteiger partial charge in [0.25, 0.3) is 0 Å². The van der Waals surface area contributed by atoms with Crippen LogP contribution in [0.2, 0.25) is 0 Å². The molecule has 1 aliphatic rings. The highest BCUT2D eigenvalue weighted by Gasteiger charge is 2.54. The molecule has 0 bridgehead atoms. The van der Waals surface area contributed by atoms with Crippen LogP contribution in [-0.4, -0.2) is 35.3 Å². The number of nitrogens with zero attached hydrogens (tertiary/aromatic N) is 1. The fourth-order valence-corrected chi connectivity index (χ4v) is 2.80. The molecule has 0 spiro atoms. The van der Waals surface area contributed by atoms with Crippen molar-refractivity contribution in [3.63, 3.8) is 0 Å². The summed E-state index contributed by atoms with van der Waals surface area (Å²) in [5.41, 5.74) is 4.62. The second-order valence-corrected chi connectivity index (χ2v) is 5.63. The Morgan fingerprint density at radius 1 is 1.38 bits per heavy atom. The van der Waals surface area contributed by atoms with Gasteiger partial charge in [-0.15, -0.1) is 10.3 Å². The predicted octanol–water partition coefficient (Wildman–Crippen LogP) is 0.711. The summed E-state index contributed by atoms with van der Waals surface area (Å²) in [6.07, 6.45) is 0.486. The third-order valence-corrected chi connectivity index (χ3v) is 3.45. The maximum absolute atomic E-state index is 12.2. The number of ether oxygens (including phenoxy) is 1. The molecule has 93 valence electrons. The van der Waals surface area contributed by atoms with E-state index in [9.17, 15) is 10.0 Å². The van der Waals surface area contributed by atoms with Gasteiger partial charge in [-0.2, -0.15) is 0 Å². The zero-order valence-electron chi connectivity index (χ0n) is 10.6. The number of carbonyl (C=O) groups is 1. The number of nitrogens with two attached hydrogens (primary N) is 1. The van der Waals surface area contributed by atoms with Crippen LogP contribution in [0.25, 0.3) is 0 Å². The van der Waals surface area contributed by atoms with E-state index in [4.69, 9.17) is 10.5 Å². The van der Waals surface area contributed by atoms with Gasteiger partial charge in [0.15, 0.2) is 0 Å². The highest BCUT2D eigenvalue weighted by molar-refractivity contribution is 5.75. The average molecular weight is 229 g/mol. The lowest BCUT2D eigenvalue weighted by Crippen LogP contribution is -2.68. The zero-order valence-corrected chi connectivity index (χ0v) is 10.6. The zero-order chi connectivity index (χ0) is 12.7. The SMILES string of the molecule is COC(=O)[C@@H]1[C@H](N)CC(C)(C)N([O])C1(C)C. The molecule has 5 nitrogen and oxygen atoms in total. The standard InChI is InChI=1S/C11H21N2O3/c1-10(2)6-7(12)8(9(14)16-5)11(3,4)13(10)15/h7-8H,6,12H2,1-5H3/t7-,8+/m1/s1. The van der Waals surface area contributed by atoms with Gasteiger partial charge in [0.2, 0.25) is 0 Å². The molecule has 2 atom stereocenters. The Morgan fingerprint density at radius 3 is 2.31 bits per heavy atom. The van der Waals surface area contributed by atoms with Crippen molar-refractivity contribution in [3.05, 3.63) is 0 Å². The molecule has 1 rings (SSSR count). The number of hydrogen-bond donors (Lipinski definition) is 1. The predicted molar refractivity (Wildman–Crippen MR) is 58.8 cm³/mol. The Bertz CT molecular complexity index is 289. The largest absolute Gasteiger partial charge is 0.469 e. The van der Waals surface area contributed by atoms with Gasteiger partial charge in [-0.1, -0.05) is 0 Å². The molecule has 5 heteroatoms. The van der Waals surface area contributed by atoms with Crippen molar-refractivity contribution in [2.45, 2.75) is 51.2 Å². The molecule has 1 fully saturated rings. The second-order valence-electron chi connectivity index (χ2n) is 5.63. The topological polar surface area (TPSA) is 75.5 Å². The van der Waals surface area contributed by atoms with Gasteiger partial charge >= 0.3 is 5.97 Å². The van der Waals surface area contributed by atoms with Gasteiger partial charge in [-0.05, 0) is 34.1 Å². The number of hydrogen-bond acceptors (Lipinski definition) is 4. The molecule has 0 aromatic heterocycles. The van der Waals surface area contributed by atoms with Crippen LogP contribution in [0.1, 0.15) is 34.1 Å². The van der Waals surface area contributed by atoms with Crippen molar-refractivity contribution in [1.82, 2.24) is 5.06 Å². The summed E-state index contributed by atoms with van der Waals surface area (Å²) in [6.45, 7) is 7.16. The molecular formula is C11H21N2O3. The molecule has 0 aromatic rings. The molecule has 0 saturated carbocycles. The van der Waals surface area contributed by atoms with Crippen LogP contribution in [0, 0.1) is 5.92 Å². The number of piperidine rings is 1. The second kappa shape index (κ2) is 3.98. The Hall–Kier alpha value is -0.650. The average Bonchev–Trinajstić information content (AvgIpc) is 2.13. The minimum absolute atomic E-state index is 0.345. The first-order valence-corrected chi connectivity index (χ1v) is 5.45. The smallest absolute Gasteiger partial charge is 0.312 e. The van der Waals surface area contributed by atoms with E-state index in [0.717, 1.165) is 5.06 Å². The van der Waals surface area contributed by atoms with Gasteiger partial charge < -0.3 is 10.5 Å². The molecule has 2 N–H and O–H groups in total. The van der Waals surface area contributed by atoms with Crippen LogP contribution in [0.4, 0.5) is 0 Å². The van der Waals surface area contributed by atoms with Crippen LogP contribution in [0.15, 0.2) is 0 Å². The van der Waals surface area contributed by atoms with E-state index in [2.05, 4.69) is 0 Å². The van der Waals surface area contributed by atoms with Crippen molar-refractivity contribution < 1.29 is 14.7 Å². The van der Waals surface area contributed by atoms with E-state index in [0.29, 0.717) is 6.42 Å². The lowest BCUT2D eigenvalue weighted by atomic mass is 9.71. The molecule has 0 aromatic carbocycles. The summed E-state index contributed by atoms with van der Waals surface area (Å²) in [5.74, 6) is -0.989. The van der Waals surface area contributed by atoms with Crippen LogP contribution >= 0.6 is 0 Å². The minimum Gasteiger partial charge on any atom is -0.469 e. The molecule has 1 saturated heterocycles. The molecule has 1 aliphatic heterocycles. The quantitative estimate of drug-likeness (QED) is 0.672. The van der Waals surface area contributed by atoms with Gasteiger partial charge in [-0.3, -0.25) is 4.79 Å². The van der Waals surface area contributed by atoms with Crippen molar-refractivity contribution in [2.75, 3.05) is 7.11 Å². The summed E-state index contributed by atoms with van der Waals surface area (Å²) in [6, 6.07) is -0.345. The molecular weight excluding hydrogens is 208 g/mol. The number of carbonyl (C=O) groups excluding carboxylic acids is 1. The highest BCUT2D eigenvalue weighted by atomic mass is 16.5. The van der Waals surface area contributed by atoms with E-state index in [1.54, 1.807) is 13.8 Å². The fraction of sp³-hybridized carbons (Fsp3) is 0.909. The van der Waals surface area contributed by atoms with Crippen molar-refractivity contribution in [1.29, 1.82) is 0 Å². The highest BCUT2D eigenvalue weighted by Crippen LogP contribution is 2.40. The molecule has 1 heterocycles. The third kappa shape index (κ3) is 1.95. The summed E-state index contributed by atoms with van der Waals surface area (Å²) >= 11 is 0. The van der Waals surface area contributed by atoms with E-state index >= 15 is 0 Å². The van der Waals surface area contributed by atoms with Gasteiger partial charge in [0.05, 0.1) is 18.6 Å². The molecule has 0 amide bonds. The summed E-state index contributed by atoms with van der Waals surface area (Å²) in [7, 11) is 1.32. The van der Waals surface area contributed by atoms with Crippen LogP contribution in [0.5, 0.6) is 0 Å². The maximum Gasteiger partial charge on any atom is 0.312 e. The van der Waals surface area contributed by atoms with E-state index < -0.39 is 23.0 Å². The molecule has 1 radical (unpaired) electrons. The molecule has 0 unspecified atom stereocenters. The van der Waals surface area contributed by atoms with E-state index in [-0.39, 0.29) is 6.04 Å². The Labute approximate surface area is 96.5 Å². The lowest BCUT2D eigenvalue weighted by molar-refractivity contribution is -0.302. The van der Waals surface area contributed by atoms with Gasteiger partial charge in [-0.25, -0.2) is 0 Å². The Kier molecular flexibility index (Phi) is 3.34. The summed E-state index contributed by atoms with van der Waals surface area (Å²) < 4.78 is 4.73. The summed E-state index contributed by atoms with van der Waals surface area (Å²) in [4.78, 5) is 11.7. The number of hydroxylamine groups is 2. The summed E-state index contributed by atoms with van der Waals surface area (Å²) in [5, 5.41) is 13.2. The normalized spacial score (nSPS) is 33.4. The van der Waals surface area contributed by atoms with Crippen LogP contribution < -0.4 is 5.73 Å². The Balaban J connectivity index is 3.08. The van der Waals surface area contributed by atoms with Crippen molar-refractivity contribution in [2.24, 2.45) is 11.7 Å². The van der Waals surface area contributed by atoms with Crippen molar-refractivity contribution in [3.8, 4) is 0 Å². The number of rotatable bonds is 1. The van der Waals surface area contributed by atoms with Crippen molar-refractivity contribution >= 4 is 5.97 Å². The first kappa shape index (κ1) is 13.4. The minimum atomic E-state index is -0.839. The monoisotopic (exact) mass is 229 g/mol. The molecule has 16 heavy (non-hydrogen) atoms. The molecule has 0 aliphatic carbocycles. The van der Waals surface area contributed by atoms with Gasteiger partial charge in [0, 0.05) is 11.6 Å². The number of esters is 1. The third-order valence-electron chi connectivity index (χ3n) is 3.45. The number of methoxy groups -OCH3 is 1. The Morgan fingerprint density at radius 2 is 1.88 bits per heavy atom. The van der Waals surface area contributed by atoms with E-state index in [1.165, 1.54) is 7.11 Å². The first-order chi connectivity index (χ1) is 7.14. The van der Waals surface area contributed by atoms with Crippen LogP contribution in [0.3, 0.4) is 0 Å². The van der Waals surface area contributed by atoms with Crippen LogP contribution in [-0.2, 0) is 14.7 Å². The van der Waals surface area contributed by atoms with Gasteiger partial charge in [0.1, 0.15) is 0 Å². The lowest BCUT2D eigenvalue weighted by Gasteiger charge is -2.52. The van der Waals surface area contributed by atoms with E-state index in [1.807, 2.05) is 13.8 Å². The fourth-order valence-electron chi connectivity index (χ4n) is 2.80. The maximum atomic E-state index is 12.2. The first-order valence-electron chi connectivity index (χ1n) is 5.45.